The standard InChI is InChI=1S/C9H11N3O2.ClH/c13-7-2-1-6(5-8(7)14)12-9-10-3-4-11-9;/h1-2,5,13-14H,3-4H2,(H2,10,11,12);1H. The van der Waals surface area contributed by atoms with E-state index in [1.54, 1.807) is 6.07 Å². The van der Waals surface area contributed by atoms with E-state index < -0.39 is 0 Å². The highest BCUT2D eigenvalue weighted by molar-refractivity contribution is 5.94. The Hall–Kier alpha value is -1.62. The molecule has 0 saturated heterocycles. The van der Waals surface area contributed by atoms with Gasteiger partial charge in [-0.1, -0.05) is 0 Å². The first-order chi connectivity index (χ1) is 6.75. The zero-order chi connectivity index (χ0) is 9.97. The van der Waals surface area contributed by atoms with Gasteiger partial charge in [0.1, 0.15) is 0 Å². The third-order valence-corrected chi connectivity index (χ3v) is 1.91. The summed E-state index contributed by atoms with van der Waals surface area (Å²) in [5, 5.41) is 24.3. The van der Waals surface area contributed by atoms with Crippen molar-refractivity contribution in [2.45, 2.75) is 0 Å². The Morgan fingerprint density at radius 3 is 2.67 bits per heavy atom. The van der Waals surface area contributed by atoms with E-state index in [-0.39, 0.29) is 23.9 Å². The van der Waals surface area contributed by atoms with Gasteiger partial charge >= 0.3 is 0 Å². The number of nitrogens with one attached hydrogen (secondary N) is 2. The highest BCUT2D eigenvalue weighted by Gasteiger charge is 2.06. The minimum atomic E-state index is -0.145. The molecule has 0 bridgehead atoms. The highest BCUT2D eigenvalue weighted by atomic mass is 35.5. The van der Waals surface area contributed by atoms with E-state index >= 15 is 0 Å². The molecule has 6 heteroatoms. The second-order valence-electron chi connectivity index (χ2n) is 2.99. The number of aliphatic imine (C=N–C) groups is 1. The number of guanidine groups is 1. The number of hydrogen-bond acceptors (Lipinski definition) is 5. The minimum absolute atomic E-state index is 0. The van der Waals surface area contributed by atoms with Crippen LogP contribution in [0, 0.1) is 0 Å². The maximum atomic E-state index is 9.22. The molecule has 0 atom stereocenters. The van der Waals surface area contributed by atoms with Gasteiger partial charge in [0.05, 0.1) is 6.54 Å². The number of phenols is 2. The molecular formula is C9H12ClN3O2. The Morgan fingerprint density at radius 1 is 1.27 bits per heavy atom. The van der Waals surface area contributed by atoms with E-state index in [4.69, 9.17) is 5.11 Å². The number of hydrogen-bond donors (Lipinski definition) is 4. The molecule has 0 spiro atoms. The van der Waals surface area contributed by atoms with Gasteiger partial charge in [-0.2, -0.15) is 0 Å². The molecule has 0 saturated carbocycles. The molecule has 0 unspecified atom stereocenters. The van der Waals surface area contributed by atoms with Gasteiger partial charge < -0.3 is 20.8 Å². The van der Waals surface area contributed by atoms with Gasteiger partial charge in [0.15, 0.2) is 17.5 Å². The molecule has 82 valence electrons. The van der Waals surface area contributed by atoms with Crippen molar-refractivity contribution in [3.63, 3.8) is 0 Å². The van der Waals surface area contributed by atoms with Crippen LogP contribution in [0.1, 0.15) is 0 Å². The highest BCUT2D eigenvalue weighted by Crippen LogP contribution is 2.27. The average Bonchev–Trinajstić information content (AvgIpc) is 2.64. The lowest BCUT2D eigenvalue weighted by molar-refractivity contribution is 0.404. The van der Waals surface area contributed by atoms with Crippen LogP contribution < -0.4 is 10.6 Å². The zero-order valence-electron chi connectivity index (χ0n) is 7.90. The molecule has 1 aromatic rings. The number of rotatable bonds is 1. The Labute approximate surface area is 93.3 Å². The third-order valence-electron chi connectivity index (χ3n) is 1.91. The van der Waals surface area contributed by atoms with Crippen LogP contribution in [0.5, 0.6) is 11.5 Å². The van der Waals surface area contributed by atoms with Gasteiger partial charge in [0.25, 0.3) is 0 Å². The van der Waals surface area contributed by atoms with Crippen LogP contribution in [-0.2, 0) is 0 Å². The van der Waals surface area contributed by atoms with E-state index in [0.29, 0.717) is 11.6 Å². The van der Waals surface area contributed by atoms with Crippen LogP contribution in [0.3, 0.4) is 0 Å². The maximum absolute atomic E-state index is 9.22. The number of nitrogens with zero attached hydrogens (tertiary/aromatic N) is 1. The molecule has 1 heterocycles. The van der Waals surface area contributed by atoms with Crippen LogP contribution in [0.15, 0.2) is 23.2 Å². The lowest BCUT2D eigenvalue weighted by Crippen LogP contribution is -2.26. The van der Waals surface area contributed by atoms with Crippen molar-refractivity contribution in [1.82, 2.24) is 5.32 Å². The van der Waals surface area contributed by atoms with E-state index in [9.17, 15) is 5.11 Å². The first-order valence-electron chi connectivity index (χ1n) is 4.33. The van der Waals surface area contributed by atoms with Crippen molar-refractivity contribution >= 4 is 24.1 Å². The summed E-state index contributed by atoms with van der Waals surface area (Å²) in [5.41, 5.74) is 0.688. The topological polar surface area (TPSA) is 76.9 Å². The fourth-order valence-electron chi connectivity index (χ4n) is 1.22. The van der Waals surface area contributed by atoms with E-state index in [1.165, 1.54) is 12.1 Å². The zero-order valence-corrected chi connectivity index (χ0v) is 8.71. The number of halogens is 1. The van der Waals surface area contributed by atoms with Crippen LogP contribution in [0.4, 0.5) is 5.69 Å². The fraction of sp³-hybridized carbons (Fsp3) is 0.222. The number of aromatic hydroxyl groups is 2. The minimum Gasteiger partial charge on any atom is -0.504 e. The molecule has 2 rings (SSSR count). The second kappa shape index (κ2) is 4.75. The van der Waals surface area contributed by atoms with Crippen LogP contribution >= 0.6 is 12.4 Å². The monoisotopic (exact) mass is 229 g/mol. The average molecular weight is 230 g/mol. The van der Waals surface area contributed by atoms with Gasteiger partial charge in [-0.15, -0.1) is 12.4 Å². The van der Waals surface area contributed by atoms with Crippen LogP contribution in [0.2, 0.25) is 0 Å². The molecule has 0 aliphatic carbocycles. The SMILES string of the molecule is Cl.Oc1ccc(NC2=NCCN2)cc1O. The summed E-state index contributed by atoms with van der Waals surface area (Å²) in [6, 6.07) is 4.53. The molecule has 0 fully saturated rings. The number of phenolic OH excluding ortho intramolecular Hbond substituents is 2. The summed E-state index contributed by atoms with van der Waals surface area (Å²) in [5.74, 6) is 0.417. The predicted octanol–water partition coefficient (Wildman–Crippen LogP) is 0.891. The summed E-state index contributed by atoms with van der Waals surface area (Å²) < 4.78 is 0. The Kier molecular flexibility index (Phi) is 3.62. The maximum Gasteiger partial charge on any atom is 0.195 e. The van der Waals surface area contributed by atoms with Gasteiger partial charge in [0.2, 0.25) is 0 Å². The molecule has 4 N–H and O–H groups in total. The quantitative estimate of drug-likeness (QED) is 0.426. The summed E-state index contributed by atoms with van der Waals surface area (Å²) >= 11 is 0. The van der Waals surface area contributed by atoms with Crippen molar-refractivity contribution in [2.75, 3.05) is 18.4 Å². The van der Waals surface area contributed by atoms with Crippen molar-refractivity contribution in [3.8, 4) is 11.5 Å². The Balaban J connectivity index is 0.00000112. The second-order valence-corrected chi connectivity index (χ2v) is 2.99. The predicted molar refractivity (Wildman–Crippen MR) is 60.9 cm³/mol. The van der Waals surface area contributed by atoms with Crippen molar-refractivity contribution in [3.05, 3.63) is 18.2 Å². The molecule has 1 aromatic carbocycles. The summed E-state index contributed by atoms with van der Waals surface area (Å²) in [6.07, 6.45) is 0. The fourth-order valence-corrected chi connectivity index (χ4v) is 1.22. The van der Waals surface area contributed by atoms with E-state index in [2.05, 4.69) is 15.6 Å². The molecule has 15 heavy (non-hydrogen) atoms. The lowest BCUT2D eigenvalue weighted by Gasteiger charge is -2.07. The molecule has 0 radical (unpaired) electrons. The first-order valence-corrected chi connectivity index (χ1v) is 4.33. The summed E-state index contributed by atoms with van der Waals surface area (Å²) in [6.45, 7) is 1.58. The van der Waals surface area contributed by atoms with Gasteiger partial charge in [0, 0.05) is 18.3 Å². The largest absolute Gasteiger partial charge is 0.504 e. The Morgan fingerprint density at radius 2 is 2.07 bits per heavy atom. The van der Waals surface area contributed by atoms with Gasteiger partial charge in [-0.25, -0.2) is 0 Å². The lowest BCUT2D eigenvalue weighted by atomic mass is 10.3. The van der Waals surface area contributed by atoms with Crippen LogP contribution in [-0.4, -0.2) is 29.3 Å². The van der Waals surface area contributed by atoms with E-state index in [1.807, 2.05) is 0 Å². The molecule has 1 aliphatic rings. The van der Waals surface area contributed by atoms with Gasteiger partial charge in [-0.3, -0.25) is 4.99 Å². The molecule has 1 aliphatic heterocycles. The third kappa shape index (κ3) is 2.66. The molecule has 5 nitrogen and oxygen atoms in total. The van der Waals surface area contributed by atoms with Crippen LogP contribution in [0.25, 0.3) is 0 Å². The normalized spacial score (nSPS) is 13.7. The summed E-state index contributed by atoms with van der Waals surface area (Å²) in [7, 11) is 0. The van der Waals surface area contributed by atoms with Crippen molar-refractivity contribution in [1.29, 1.82) is 0 Å². The van der Waals surface area contributed by atoms with Gasteiger partial charge in [-0.05, 0) is 12.1 Å². The molecule has 0 aromatic heterocycles. The van der Waals surface area contributed by atoms with Crippen molar-refractivity contribution in [2.24, 2.45) is 4.99 Å². The number of anilines is 1. The Bertz CT molecular complexity index is 382. The summed E-state index contributed by atoms with van der Waals surface area (Å²) in [4.78, 5) is 4.13. The number of benzene rings is 1. The smallest absolute Gasteiger partial charge is 0.195 e. The first kappa shape index (κ1) is 11.5. The molecule has 0 amide bonds. The van der Waals surface area contributed by atoms with Crippen molar-refractivity contribution < 1.29 is 10.2 Å². The van der Waals surface area contributed by atoms with E-state index in [0.717, 1.165) is 13.1 Å². The molecular weight excluding hydrogens is 218 g/mol.